The molecule has 1 aliphatic rings. The van der Waals surface area contributed by atoms with Crippen molar-refractivity contribution in [3.8, 4) is 0 Å². The number of Topliss-reactive ketones (excluding diaryl/α,β-unsaturated/α-hetero) is 1. The smallest absolute Gasteiger partial charge is 0.240 e. The molecule has 152 valence electrons. The first-order valence-electron chi connectivity index (χ1n) is 9.30. The van der Waals surface area contributed by atoms with Crippen LogP contribution in [0.2, 0.25) is 0 Å². The second-order valence-electron chi connectivity index (χ2n) is 6.91. The number of anilines is 1. The van der Waals surface area contributed by atoms with Crippen molar-refractivity contribution in [2.24, 2.45) is 0 Å². The van der Waals surface area contributed by atoms with Crippen molar-refractivity contribution < 1.29 is 14.4 Å². The first-order chi connectivity index (χ1) is 13.9. The van der Waals surface area contributed by atoms with Gasteiger partial charge in [-0.3, -0.25) is 14.4 Å². The van der Waals surface area contributed by atoms with E-state index in [2.05, 4.69) is 21.5 Å². The third kappa shape index (κ3) is 6.15. The van der Waals surface area contributed by atoms with Crippen LogP contribution in [0.3, 0.4) is 0 Å². The average Bonchev–Trinajstić information content (AvgIpc) is 2.70. The highest BCUT2D eigenvalue weighted by Crippen LogP contribution is 2.14. The van der Waals surface area contributed by atoms with Gasteiger partial charge < -0.3 is 10.6 Å². The molecule has 0 aromatic heterocycles. The van der Waals surface area contributed by atoms with Crippen molar-refractivity contribution in [1.29, 1.82) is 0 Å². The number of carbonyl (C=O) groups is 3. The lowest BCUT2D eigenvalue weighted by molar-refractivity contribution is -0.125. The van der Waals surface area contributed by atoms with Crippen LogP contribution >= 0.6 is 11.8 Å². The Morgan fingerprint density at radius 2 is 1.72 bits per heavy atom. The molecule has 2 atom stereocenters. The van der Waals surface area contributed by atoms with Crippen LogP contribution < -0.4 is 21.5 Å². The van der Waals surface area contributed by atoms with Gasteiger partial charge in [0.25, 0.3) is 0 Å². The number of benzene rings is 2. The van der Waals surface area contributed by atoms with Crippen LogP contribution in [0, 0.1) is 6.92 Å². The van der Waals surface area contributed by atoms with Crippen molar-refractivity contribution in [2.45, 2.75) is 31.8 Å². The first-order valence-corrected chi connectivity index (χ1v) is 10.3. The zero-order valence-electron chi connectivity index (χ0n) is 16.3. The topological polar surface area (TPSA) is 99.3 Å². The Morgan fingerprint density at radius 3 is 2.34 bits per heavy atom. The number of rotatable bonds is 7. The fraction of sp³-hybridized carbons (Fsp3) is 0.286. The molecule has 8 heteroatoms. The van der Waals surface area contributed by atoms with E-state index in [4.69, 9.17) is 0 Å². The van der Waals surface area contributed by atoms with Crippen LogP contribution in [-0.4, -0.2) is 34.9 Å². The number of hydrogen-bond donors (Lipinski definition) is 4. The number of carbonyl (C=O) groups excluding carboxylic acids is 3. The molecule has 0 bridgehead atoms. The van der Waals surface area contributed by atoms with Gasteiger partial charge in [0.15, 0.2) is 5.78 Å². The minimum Gasteiger partial charge on any atom is -0.329 e. The number of amides is 2. The van der Waals surface area contributed by atoms with Crippen molar-refractivity contribution in [2.75, 3.05) is 11.1 Å². The van der Waals surface area contributed by atoms with Crippen molar-refractivity contribution in [3.63, 3.8) is 0 Å². The summed E-state index contributed by atoms with van der Waals surface area (Å²) in [4.78, 5) is 35.8. The van der Waals surface area contributed by atoms with Crippen molar-refractivity contribution in [3.05, 3.63) is 65.2 Å². The SMILES string of the molecule is CC(=O)c1ccc(NC(=O)CSC2NNC(Cc3ccc(C)cc3)C(=O)N2)cc1. The quantitative estimate of drug-likeness (QED) is 0.519. The van der Waals surface area contributed by atoms with Crippen molar-refractivity contribution in [1.82, 2.24) is 16.2 Å². The van der Waals surface area contributed by atoms with E-state index in [1.165, 1.54) is 24.2 Å². The molecule has 2 amide bonds. The lowest BCUT2D eigenvalue weighted by Gasteiger charge is -2.31. The monoisotopic (exact) mass is 412 g/mol. The number of thioether (sulfide) groups is 1. The lowest BCUT2D eigenvalue weighted by Crippen LogP contribution is -2.64. The second-order valence-corrected chi connectivity index (χ2v) is 8.01. The van der Waals surface area contributed by atoms with Gasteiger partial charge in [-0.2, -0.15) is 0 Å². The third-order valence-corrected chi connectivity index (χ3v) is 5.49. The summed E-state index contributed by atoms with van der Waals surface area (Å²) in [6.45, 7) is 3.52. The van der Waals surface area contributed by atoms with E-state index in [1.807, 2.05) is 31.2 Å². The molecule has 0 saturated carbocycles. The molecular formula is C21H24N4O3S. The Hall–Kier alpha value is -2.68. The normalized spacial score (nSPS) is 18.8. The molecular weight excluding hydrogens is 388 g/mol. The molecule has 0 radical (unpaired) electrons. The van der Waals surface area contributed by atoms with Gasteiger partial charge in [0.05, 0.1) is 5.75 Å². The lowest BCUT2D eigenvalue weighted by atomic mass is 10.0. The van der Waals surface area contributed by atoms with E-state index in [0.717, 1.165) is 5.56 Å². The number of hydrogen-bond acceptors (Lipinski definition) is 6. The summed E-state index contributed by atoms with van der Waals surface area (Å²) in [6.07, 6.45) is 0.577. The van der Waals surface area contributed by atoms with Gasteiger partial charge in [0.1, 0.15) is 11.5 Å². The predicted octanol–water partition coefficient (Wildman–Crippen LogP) is 1.99. The molecule has 2 aromatic rings. The van der Waals surface area contributed by atoms with Crippen LogP contribution in [0.5, 0.6) is 0 Å². The molecule has 0 spiro atoms. The Kier molecular flexibility index (Phi) is 7.03. The summed E-state index contributed by atoms with van der Waals surface area (Å²) in [7, 11) is 0. The van der Waals surface area contributed by atoms with Gasteiger partial charge in [0, 0.05) is 11.3 Å². The van der Waals surface area contributed by atoms with E-state index >= 15 is 0 Å². The number of aryl methyl sites for hydroxylation is 1. The van der Waals surface area contributed by atoms with Gasteiger partial charge in [-0.15, -0.1) is 11.8 Å². The molecule has 7 nitrogen and oxygen atoms in total. The maximum Gasteiger partial charge on any atom is 0.240 e. The average molecular weight is 413 g/mol. The summed E-state index contributed by atoms with van der Waals surface area (Å²) in [5.41, 5.74) is 9.13. The van der Waals surface area contributed by atoms with Crippen LogP contribution in [-0.2, 0) is 16.0 Å². The molecule has 1 heterocycles. The predicted molar refractivity (Wildman–Crippen MR) is 114 cm³/mol. The van der Waals surface area contributed by atoms with Gasteiger partial charge in [-0.05, 0) is 50.1 Å². The van der Waals surface area contributed by atoms with Crippen LogP contribution in [0.15, 0.2) is 48.5 Å². The largest absolute Gasteiger partial charge is 0.329 e. The maximum atomic E-state index is 12.3. The second kappa shape index (κ2) is 9.69. The fourth-order valence-corrected chi connectivity index (χ4v) is 3.58. The molecule has 0 aliphatic carbocycles. The Labute approximate surface area is 174 Å². The van der Waals surface area contributed by atoms with Crippen LogP contribution in [0.4, 0.5) is 5.69 Å². The Balaban J connectivity index is 1.42. The minimum absolute atomic E-state index is 0.0225. The highest BCUT2D eigenvalue weighted by molar-refractivity contribution is 8.00. The highest BCUT2D eigenvalue weighted by atomic mass is 32.2. The molecule has 1 saturated heterocycles. The Morgan fingerprint density at radius 1 is 1.03 bits per heavy atom. The summed E-state index contributed by atoms with van der Waals surface area (Å²) in [5.74, 6) is -0.160. The zero-order valence-corrected chi connectivity index (χ0v) is 17.1. The summed E-state index contributed by atoms with van der Waals surface area (Å²) in [6, 6.07) is 14.4. The third-order valence-electron chi connectivity index (χ3n) is 4.50. The van der Waals surface area contributed by atoms with Gasteiger partial charge in [0.2, 0.25) is 11.8 Å². The van der Waals surface area contributed by atoms with E-state index in [9.17, 15) is 14.4 Å². The number of ketones is 1. The molecule has 29 heavy (non-hydrogen) atoms. The van der Waals surface area contributed by atoms with E-state index in [-0.39, 0.29) is 29.4 Å². The summed E-state index contributed by atoms with van der Waals surface area (Å²) in [5, 5.41) is 5.64. The molecule has 3 rings (SSSR count). The number of nitrogens with one attached hydrogen (secondary N) is 4. The Bertz CT molecular complexity index is 884. The fourth-order valence-electron chi connectivity index (χ4n) is 2.84. The highest BCUT2D eigenvalue weighted by Gasteiger charge is 2.27. The molecule has 1 aliphatic heterocycles. The standard InChI is InChI=1S/C21H24N4O3S/c1-13-3-5-15(6-4-13)11-18-20(28)23-21(25-24-18)29-12-19(27)22-17-9-7-16(8-10-17)14(2)26/h3-10,18,21,24-25H,11-12H2,1-2H3,(H,22,27)(H,23,28). The molecule has 2 unspecified atom stereocenters. The van der Waals surface area contributed by atoms with Crippen LogP contribution in [0.1, 0.15) is 28.4 Å². The zero-order chi connectivity index (χ0) is 20.8. The van der Waals surface area contributed by atoms with Gasteiger partial charge in [-0.1, -0.05) is 29.8 Å². The summed E-state index contributed by atoms with van der Waals surface area (Å²) >= 11 is 1.28. The molecule has 1 fully saturated rings. The maximum absolute atomic E-state index is 12.3. The van der Waals surface area contributed by atoms with Crippen LogP contribution in [0.25, 0.3) is 0 Å². The minimum atomic E-state index is -0.400. The van der Waals surface area contributed by atoms with Crippen molar-refractivity contribution >= 4 is 35.0 Å². The van der Waals surface area contributed by atoms with Gasteiger partial charge >= 0.3 is 0 Å². The molecule has 4 N–H and O–H groups in total. The molecule has 2 aromatic carbocycles. The first kappa shape index (κ1) is 21.0. The summed E-state index contributed by atoms with van der Waals surface area (Å²) < 4.78 is 0. The number of hydrazine groups is 1. The van der Waals surface area contributed by atoms with E-state index in [1.54, 1.807) is 24.3 Å². The van der Waals surface area contributed by atoms with E-state index < -0.39 is 5.50 Å². The van der Waals surface area contributed by atoms with E-state index in [0.29, 0.717) is 17.7 Å². The van der Waals surface area contributed by atoms with Gasteiger partial charge in [-0.25, -0.2) is 10.9 Å².